The highest BCUT2D eigenvalue weighted by Crippen LogP contribution is 2.25. The fourth-order valence-corrected chi connectivity index (χ4v) is 2.36. The summed E-state index contributed by atoms with van der Waals surface area (Å²) in [6.07, 6.45) is 0. The van der Waals surface area contributed by atoms with Crippen molar-refractivity contribution in [3.8, 4) is 17.1 Å². The first-order valence-corrected chi connectivity index (χ1v) is 6.12. The molecule has 0 radical (unpaired) electrons. The van der Waals surface area contributed by atoms with Crippen molar-refractivity contribution in [2.24, 2.45) is 7.05 Å². The smallest absolute Gasteiger partial charge is 0.292 e. The number of aromatic nitrogens is 2. The van der Waals surface area contributed by atoms with Crippen LogP contribution in [0.15, 0.2) is 42.5 Å². The Balaban J connectivity index is 2.32. The van der Waals surface area contributed by atoms with Crippen molar-refractivity contribution in [2.45, 2.75) is 0 Å². The van der Waals surface area contributed by atoms with Gasteiger partial charge in [0, 0.05) is 11.1 Å². The lowest BCUT2D eigenvalue weighted by atomic mass is 10.2. The van der Waals surface area contributed by atoms with E-state index >= 15 is 0 Å². The van der Waals surface area contributed by atoms with Gasteiger partial charge in [0.1, 0.15) is 5.75 Å². The van der Waals surface area contributed by atoms with Crippen LogP contribution in [0.25, 0.3) is 22.4 Å². The van der Waals surface area contributed by atoms with Crippen molar-refractivity contribution < 1.29 is 9.84 Å². The molecule has 0 unspecified atom stereocenters. The van der Waals surface area contributed by atoms with Gasteiger partial charge in [-0.2, -0.15) is 0 Å². The van der Waals surface area contributed by atoms with E-state index in [1.807, 2.05) is 7.05 Å². The van der Waals surface area contributed by atoms with Crippen LogP contribution < -0.4 is 4.73 Å². The van der Waals surface area contributed by atoms with Gasteiger partial charge >= 0.3 is 0 Å². The quantitative estimate of drug-likeness (QED) is 0.548. The second-order valence-electron chi connectivity index (χ2n) is 4.36. The number of halogens is 1. The van der Waals surface area contributed by atoms with E-state index in [-0.39, 0.29) is 5.75 Å². The summed E-state index contributed by atoms with van der Waals surface area (Å²) in [4.78, 5) is 0. The summed E-state index contributed by atoms with van der Waals surface area (Å²) in [7, 11) is 1.82. The number of phenolic OH excluding ortho intramolecular Hbond substituents is 1. The van der Waals surface area contributed by atoms with Gasteiger partial charge in [0.2, 0.25) is 0 Å². The summed E-state index contributed by atoms with van der Waals surface area (Å²) >= 11 is 5.85. The summed E-state index contributed by atoms with van der Waals surface area (Å²) in [6.45, 7) is 0. The molecule has 4 nitrogen and oxygen atoms in total. The standard InChI is InChI=1S/C14H11ClN2O2/c1-16-12-7-6-11(18)8-13(12)17(19)14(16)9-2-4-10(15)5-3-9/h2-8,18H,1H3. The first kappa shape index (κ1) is 11.9. The van der Waals surface area contributed by atoms with Crippen LogP contribution in [-0.4, -0.2) is 9.67 Å². The van der Waals surface area contributed by atoms with E-state index < -0.39 is 0 Å². The maximum atomic E-state index is 12.3. The zero-order chi connectivity index (χ0) is 13.6. The normalized spacial score (nSPS) is 11.1. The third-order valence-corrected chi connectivity index (χ3v) is 3.40. The molecule has 0 aliphatic carbocycles. The number of benzene rings is 2. The average molecular weight is 275 g/mol. The molecule has 0 spiro atoms. The summed E-state index contributed by atoms with van der Waals surface area (Å²) in [5.74, 6) is 0.586. The average Bonchev–Trinajstić information content (AvgIpc) is 2.63. The third kappa shape index (κ3) is 1.81. The molecule has 0 saturated carbocycles. The van der Waals surface area contributed by atoms with E-state index in [2.05, 4.69) is 0 Å². The molecule has 5 heteroatoms. The van der Waals surface area contributed by atoms with Crippen LogP contribution >= 0.6 is 11.6 Å². The molecule has 96 valence electrons. The Kier molecular flexibility index (Phi) is 2.61. The molecule has 0 amide bonds. The van der Waals surface area contributed by atoms with Crippen LogP contribution in [0, 0.1) is 5.21 Å². The van der Waals surface area contributed by atoms with E-state index in [1.54, 1.807) is 41.0 Å². The Morgan fingerprint density at radius 2 is 1.84 bits per heavy atom. The topological polar surface area (TPSA) is 52.1 Å². The number of hydrogen-bond donors (Lipinski definition) is 1. The predicted molar refractivity (Wildman–Crippen MR) is 74.0 cm³/mol. The van der Waals surface area contributed by atoms with Crippen LogP contribution in [0.1, 0.15) is 0 Å². The van der Waals surface area contributed by atoms with Crippen molar-refractivity contribution >= 4 is 22.6 Å². The maximum Gasteiger partial charge on any atom is 0.292 e. The van der Waals surface area contributed by atoms with Gasteiger partial charge in [-0.1, -0.05) is 11.6 Å². The second-order valence-corrected chi connectivity index (χ2v) is 4.79. The number of imidazole rings is 1. The minimum atomic E-state index is 0.0744. The highest BCUT2D eigenvalue weighted by atomic mass is 35.5. The maximum absolute atomic E-state index is 12.3. The van der Waals surface area contributed by atoms with E-state index in [9.17, 15) is 10.3 Å². The minimum Gasteiger partial charge on any atom is -0.710 e. The molecule has 0 fully saturated rings. The van der Waals surface area contributed by atoms with Gasteiger partial charge in [0.15, 0.2) is 11.0 Å². The van der Waals surface area contributed by atoms with Crippen LogP contribution in [0.3, 0.4) is 0 Å². The van der Waals surface area contributed by atoms with Crippen molar-refractivity contribution in [1.82, 2.24) is 4.57 Å². The van der Waals surface area contributed by atoms with Gasteiger partial charge < -0.3 is 10.3 Å². The molecule has 19 heavy (non-hydrogen) atoms. The van der Waals surface area contributed by atoms with Crippen molar-refractivity contribution in [3.05, 3.63) is 52.7 Å². The first-order valence-electron chi connectivity index (χ1n) is 5.75. The van der Waals surface area contributed by atoms with Gasteiger partial charge in [-0.15, -0.1) is 0 Å². The zero-order valence-electron chi connectivity index (χ0n) is 10.2. The van der Waals surface area contributed by atoms with Crippen LogP contribution in [0.5, 0.6) is 5.75 Å². The van der Waals surface area contributed by atoms with Crippen LogP contribution in [-0.2, 0) is 7.05 Å². The van der Waals surface area contributed by atoms with Gasteiger partial charge in [-0.05, 0) is 36.4 Å². The summed E-state index contributed by atoms with van der Waals surface area (Å²) in [5, 5.41) is 22.4. The molecule has 3 aromatic rings. The Morgan fingerprint density at radius 1 is 1.16 bits per heavy atom. The molecule has 1 aromatic heterocycles. The largest absolute Gasteiger partial charge is 0.710 e. The predicted octanol–water partition coefficient (Wildman–Crippen LogP) is 2.84. The van der Waals surface area contributed by atoms with Crippen LogP contribution in [0.4, 0.5) is 0 Å². The van der Waals surface area contributed by atoms with Gasteiger partial charge in [0.05, 0.1) is 12.6 Å². The number of aryl methyl sites for hydroxylation is 1. The van der Waals surface area contributed by atoms with Crippen LogP contribution in [0.2, 0.25) is 5.02 Å². The van der Waals surface area contributed by atoms with E-state index in [0.29, 0.717) is 16.4 Å². The fraction of sp³-hybridized carbons (Fsp3) is 0.0714. The summed E-state index contributed by atoms with van der Waals surface area (Å²) in [5.41, 5.74) is 1.97. The van der Waals surface area contributed by atoms with Crippen molar-refractivity contribution in [2.75, 3.05) is 0 Å². The highest BCUT2D eigenvalue weighted by molar-refractivity contribution is 6.30. The fourth-order valence-electron chi connectivity index (χ4n) is 2.23. The van der Waals surface area contributed by atoms with Gasteiger partial charge in [-0.25, -0.2) is 9.30 Å². The Labute approximate surface area is 114 Å². The Morgan fingerprint density at radius 3 is 2.53 bits per heavy atom. The Bertz CT molecular complexity index is 763. The molecule has 2 aromatic carbocycles. The Hall–Kier alpha value is -2.20. The first-order chi connectivity index (χ1) is 9.08. The van der Waals surface area contributed by atoms with Crippen molar-refractivity contribution in [3.63, 3.8) is 0 Å². The lowest BCUT2D eigenvalue weighted by Crippen LogP contribution is -2.27. The molecule has 1 heterocycles. The SMILES string of the molecule is Cn1c(-c2ccc(Cl)cc2)[n+]([O-])c2cc(O)ccc21. The third-order valence-electron chi connectivity index (χ3n) is 3.15. The molecule has 0 saturated heterocycles. The lowest BCUT2D eigenvalue weighted by Gasteiger charge is -2.04. The number of aromatic hydroxyl groups is 1. The zero-order valence-corrected chi connectivity index (χ0v) is 10.9. The van der Waals surface area contributed by atoms with Crippen molar-refractivity contribution in [1.29, 1.82) is 0 Å². The highest BCUT2D eigenvalue weighted by Gasteiger charge is 2.20. The molecule has 1 N–H and O–H groups in total. The number of nitrogens with zero attached hydrogens (tertiary/aromatic N) is 2. The lowest BCUT2D eigenvalue weighted by molar-refractivity contribution is -0.565. The number of fused-ring (bicyclic) bond motifs is 1. The molecule has 0 aliphatic rings. The number of hydrogen-bond acceptors (Lipinski definition) is 2. The molecule has 0 aliphatic heterocycles. The molecule has 3 rings (SSSR count). The molecular weight excluding hydrogens is 264 g/mol. The molecule has 0 atom stereocenters. The van der Waals surface area contributed by atoms with E-state index in [1.165, 1.54) is 6.07 Å². The van der Waals surface area contributed by atoms with E-state index in [4.69, 9.17) is 11.6 Å². The summed E-state index contributed by atoms with van der Waals surface area (Å²) in [6, 6.07) is 11.8. The second kappa shape index (κ2) is 4.17. The van der Waals surface area contributed by atoms with E-state index in [0.717, 1.165) is 15.8 Å². The number of phenols is 1. The molecular formula is C14H11ClN2O2. The van der Waals surface area contributed by atoms with Gasteiger partial charge in [0.25, 0.3) is 5.82 Å². The minimum absolute atomic E-state index is 0.0744. The summed E-state index contributed by atoms with van der Waals surface area (Å²) < 4.78 is 2.61. The molecule has 0 bridgehead atoms. The monoisotopic (exact) mass is 274 g/mol. The number of rotatable bonds is 1. The van der Waals surface area contributed by atoms with Gasteiger partial charge in [-0.3, -0.25) is 0 Å².